The molecule has 2 aliphatic rings. The Bertz CT molecular complexity index is 1010. The van der Waals surface area contributed by atoms with E-state index in [9.17, 15) is 27.2 Å². The predicted octanol–water partition coefficient (Wildman–Crippen LogP) is 4.34. The highest BCUT2D eigenvalue weighted by molar-refractivity contribution is 6.00. The molecule has 2 aromatic rings. The Morgan fingerprint density at radius 3 is 2.68 bits per heavy atom. The van der Waals surface area contributed by atoms with Crippen LogP contribution in [0.5, 0.6) is 0 Å². The molecule has 9 heteroatoms. The molecule has 31 heavy (non-hydrogen) atoms. The van der Waals surface area contributed by atoms with Crippen molar-refractivity contribution in [2.24, 2.45) is 5.41 Å². The fourth-order valence-electron chi connectivity index (χ4n) is 4.60. The summed E-state index contributed by atoms with van der Waals surface area (Å²) in [5, 5.41) is 2.75. The van der Waals surface area contributed by atoms with E-state index in [1.54, 1.807) is 17.0 Å². The minimum Gasteiger partial charge on any atom is -0.348 e. The Kier molecular flexibility index (Phi) is 5.45. The van der Waals surface area contributed by atoms with Crippen molar-refractivity contribution >= 4 is 17.5 Å². The number of hydrogen-bond donors (Lipinski definition) is 1. The van der Waals surface area contributed by atoms with Crippen LogP contribution in [0.2, 0.25) is 0 Å². The zero-order valence-corrected chi connectivity index (χ0v) is 16.6. The molecule has 1 saturated heterocycles. The number of rotatable bonds is 3. The van der Waals surface area contributed by atoms with E-state index >= 15 is 0 Å². The lowest BCUT2D eigenvalue weighted by molar-refractivity contribution is -0.141. The molecular weight excluding hydrogens is 414 g/mol. The molecule has 4 rings (SSSR count). The molecule has 2 fully saturated rings. The maximum Gasteiger partial charge on any atom is 0.433 e. The van der Waals surface area contributed by atoms with Crippen molar-refractivity contribution in [2.75, 3.05) is 11.4 Å². The number of anilines is 1. The van der Waals surface area contributed by atoms with Crippen LogP contribution in [0.3, 0.4) is 0 Å². The van der Waals surface area contributed by atoms with Crippen LogP contribution in [-0.2, 0) is 11.0 Å². The summed E-state index contributed by atoms with van der Waals surface area (Å²) in [4.78, 5) is 30.7. The highest BCUT2D eigenvalue weighted by Crippen LogP contribution is 2.46. The number of halogens is 4. The fraction of sp³-hybridized carbons (Fsp3) is 0.409. The Morgan fingerprint density at radius 1 is 1.16 bits per heavy atom. The van der Waals surface area contributed by atoms with E-state index in [-0.39, 0.29) is 17.6 Å². The summed E-state index contributed by atoms with van der Waals surface area (Å²) in [5.41, 5.74) is -1.60. The van der Waals surface area contributed by atoms with E-state index in [0.29, 0.717) is 44.3 Å². The van der Waals surface area contributed by atoms with Gasteiger partial charge in [-0.05, 0) is 56.0 Å². The van der Waals surface area contributed by atoms with Crippen molar-refractivity contribution in [3.63, 3.8) is 0 Å². The summed E-state index contributed by atoms with van der Waals surface area (Å²) >= 11 is 0. The molecule has 5 nitrogen and oxygen atoms in total. The van der Waals surface area contributed by atoms with E-state index in [4.69, 9.17) is 0 Å². The number of carbonyl (C=O) groups excluding carboxylic acids is 2. The van der Waals surface area contributed by atoms with Gasteiger partial charge in [-0.1, -0.05) is 18.6 Å². The van der Waals surface area contributed by atoms with Crippen molar-refractivity contribution in [3.8, 4) is 0 Å². The van der Waals surface area contributed by atoms with Crippen LogP contribution in [0.25, 0.3) is 0 Å². The van der Waals surface area contributed by atoms with Gasteiger partial charge in [0.15, 0.2) is 0 Å². The molecule has 0 bridgehead atoms. The average molecular weight is 435 g/mol. The van der Waals surface area contributed by atoms with E-state index in [1.807, 2.05) is 0 Å². The summed E-state index contributed by atoms with van der Waals surface area (Å²) in [6, 6.07) is 8.70. The van der Waals surface area contributed by atoms with Crippen LogP contribution in [-0.4, -0.2) is 29.4 Å². The SMILES string of the molecule is O=C(N[C@@H]1CCC[C@]2(CCN(c3cccc(F)c3)C2=O)C1)c1cccc(C(F)(F)F)n1. The van der Waals surface area contributed by atoms with Gasteiger partial charge in [0.05, 0.1) is 5.41 Å². The van der Waals surface area contributed by atoms with Gasteiger partial charge in [-0.3, -0.25) is 9.59 Å². The molecule has 2 amide bonds. The first-order valence-electron chi connectivity index (χ1n) is 10.1. The minimum absolute atomic E-state index is 0.103. The summed E-state index contributed by atoms with van der Waals surface area (Å²) in [6.07, 6.45) is -1.68. The first kappa shape index (κ1) is 21.3. The van der Waals surface area contributed by atoms with E-state index in [1.165, 1.54) is 18.2 Å². The lowest BCUT2D eigenvalue weighted by Crippen LogP contribution is -2.46. The minimum atomic E-state index is -4.64. The van der Waals surface area contributed by atoms with Crippen LogP contribution in [0, 0.1) is 11.2 Å². The number of nitrogens with zero attached hydrogens (tertiary/aromatic N) is 2. The lowest BCUT2D eigenvalue weighted by atomic mass is 9.71. The number of nitrogens with one attached hydrogen (secondary N) is 1. The smallest absolute Gasteiger partial charge is 0.348 e. The number of carbonyl (C=O) groups is 2. The van der Waals surface area contributed by atoms with Crippen LogP contribution in [0.15, 0.2) is 42.5 Å². The number of pyridine rings is 1. The number of alkyl halides is 3. The van der Waals surface area contributed by atoms with Gasteiger partial charge < -0.3 is 10.2 Å². The number of hydrogen-bond acceptors (Lipinski definition) is 3. The molecule has 1 N–H and O–H groups in total. The second-order valence-electron chi connectivity index (χ2n) is 8.14. The Balaban J connectivity index is 1.47. The molecule has 1 aliphatic heterocycles. The molecule has 1 aliphatic carbocycles. The van der Waals surface area contributed by atoms with Crippen LogP contribution >= 0.6 is 0 Å². The lowest BCUT2D eigenvalue weighted by Gasteiger charge is -2.36. The average Bonchev–Trinajstić information content (AvgIpc) is 3.03. The molecule has 2 heterocycles. The van der Waals surface area contributed by atoms with Gasteiger partial charge in [-0.2, -0.15) is 13.2 Å². The maximum absolute atomic E-state index is 13.6. The summed E-state index contributed by atoms with van der Waals surface area (Å²) in [6.45, 7) is 0.456. The molecule has 1 aromatic carbocycles. The van der Waals surface area contributed by atoms with E-state index in [2.05, 4.69) is 10.3 Å². The second kappa shape index (κ2) is 7.94. The number of aromatic nitrogens is 1. The third-order valence-electron chi connectivity index (χ3n) is 6.09. The van der Waals surface area contributed by atoms with Crippen LogP contribution in [0.1, 0.15) is 48.3 Å². The summed E-state index contributed by atoms with van der Waals surface area (Å²) in [5.74, 6) is -1.22. The first-order chi connectivity index (χ1) is 14.7. The van der Waals surface area contributed by atoms with Crippen molar-refractivity contribution in [2.45, 2.75) is 44.3 Å². The third kappa shape index (κ3) is 4.26. The normalized spacial score (nSPS) is 23.9. The molecule has 1 spiro atoms. The number of amides is 2. The molecule has 0 unspecified atom stereocenters. The highest BCUT2D eigenvalue weighted by atomic mass is 19.4. The first-order valence-corrected chi connectivity index (χ1v) is 10.1. The van der Waals surface area contributed by atoms with Gasteiger partial charge in [0.2, 0.25) is 5.91 Å². The molecular formula is C22H21F4N3O2. The van der Waals surface area contributed by atoms with Gasteiger partial charge in [0.1, 0.15) is 17.2 Å². The van der Waals surface area contributed by atoms with Gasteiger partial charge in [-0.15, -0.1) is 0 Å². The Labute approximate surface area is 176 Å². The van der Waals surface area contributed by atoms with Crippen LogP contribution in [0.4, 0.5) is 23.2 Å². The van der Waals surface area contributed by atoms with Crippen molar-refractivity contribution in [1.82, 2.24) is 10.3 Å². The number of benzene rings is 1. The summed E-state index contributed by atoms with van der Waals surface area (Å²) in [7, 11) is 0. The zero-order chi connectivity index (χ0) is 22.2. The van der Waals surface area contributed by atoms with Gasteiger partial charge in [0.25, 0.3) is 5.91 Å². The van der Waals surface area contributed by atoms with Crippen LogP contribution < -0.4 is 10.2 Å². The molecule has 1 aromatic heterocycles. The highest BCUT2D eigenvalue weighted by Gasteiger charge is 2.49. The quantitative estimate of drug-likeness (QED) is 0.730. The van der Waals surface area contributed by atoms with Gasteiger partial charge in [0, 0.05) is 18.3 Å². The van der Waals surface area contributed by atoms with Gasteiger partial charge >= 0.3 is 6.18 Å². The molecule has 164 valence electrons. The second-order valence-corrected chi connectivity index (χ2v) is 8.14. The summed E-state index contributed by atoms with van der Waals surface area (Å²) < 4.78 is 52.2. The van der Waals surface area contributed by atoms with E-state index < -0.39 is 29.0 Å². The van der Waals surface area contributed by atoms with Gasteiger partial charge in [-0.25, -0.2) is 9.37 Å². The monoisotopic (exact) mass is 435 g/mol. The molecule has 0 radical (unpaired) electrons. The Hall–Kier alpha value is -2.97. The topological polar surface area (TPSA) is 62.3 Å². The van der Waals surface area contributed by atoms with Crippen molar-refractivity contribution in [1.29, 1.82) is 0 Å². The largest absolute Gasteiger partial charge is 0.433 e. The predicted molar refractivity (Wildman–Crippen MR) is 105 cm³/mol. The van der Waals surface area contributed by atoms with Crippen molar-refractivity contribution < 1.29 is 27.2 Å². The molecule has 2 atom stereocenters. The third-order valence-corrected chi connectivity index (χ3v) is 6.09. The van der Waals surface area contributed by atoms with E-state index in [0.717, 1.165) is 12.1 Å². The maximum atomic E-state index is 13.6. The zero-order valence-electron chi connectivity index (χ0n) is 16.6. The standard InChI is InChI=1S/C22H21F4N3O2/c23-14-4-1-6-16(12-14)29-11-10-21(20(29)31)9-3-5-15(13-21)27-19(30)17-7-2-8-18(28-17)22(24,25)26/h1-2,4,6-8,12,15H,3,5,9-11,13H2,(H,27,30)/t15-,21+/m1/s1. The van der Waals surface area contributed by atoms with Crippen molar-refractivity contribution in [3.05, 3.63) is 59.7 Å². The Morgan fingerprint density at radius 2 is 1.94 bits per heavy atom. The fourth-order valence-corrected chi connectivity index (χ4v) is 4.60. The molecule has 1 saturated carbocycles.